The van der Waals surface area contributed by atoms with E-state index in [1.165, 1.54) is 0 Å². The van der Waals surface area contributed by atoms with Gasteiger partial charge in [-0.25, -0.2) is 0 Å². The molecule has 0 bridgehead atoms. The van der Waals surface area contributed by atoms with E-state index in [9.17, 15) is 9.59 Å². The molecule has 0 spiro atoms. The van der Waals surface area contributed by atoms with E-state index in [1.54, 1.807) is 11.6 Å². The molecule has 1 unspecified atom stereocenters. The van der Waals surface area contributed by atoms with Gasteiger partial charge in [0, 0.05) is 24.8 Å². The zero-order valence-electron chi connectivity index (χ0n) is 12.2. The van der Waals surface area contributed by atoms with Crippen LogP contribution in [0.5, 0.6) is 0 Å². The molecule has 1 rings (SSSR count). The number of aromatic nitrogens is 2. The fourth-order valence-electron chi connectivity index (χ4n) is 1.92. The summed E-state index contributed by atoms with van der Waals surface area (Å²) in [6.07, 6.45) is 0.245. The predicted octanol–water partition coefficient (Wildman–Crippen LogP) is 0.220. The summed E-state index contributed by atoms with van der Waals surface area (Å²) in [7, 11) is 1.85. The molecule has 6 heteroatoms. The van der Waals surface area contributed by atoms with Crippen LogP contribution in [0, 0.1) is 13.8 Å². The topological polar surface area (TPSA) is 76.0 Å². The molecule has 0 aliphatic carbocycles. The minimum atomic E-state index is -0.523. The Morgan fingerprint density at radius 2 is 2.00 bits per heavy atom. The summed E-state index contributed by atoms with van der Waals surface area (Å²) in [6.45, 7) is 7.87. The molecule has 0 aliphatic rings. The highest BCUT2D eigenvalue weighted by atomic mass is 16.2. The minimum Gasteiger partial charge on any atom is -0.355 e. The van der Waals surface area contributed by atoms with Crippen molar-refractivity contribution in [2.75, 3.05) is 6.54 Å². The van der Waals surface area contributed by atoms with Gasteiger partial charge in [0.1, 0.15) is 6.04 Å². The molecule has 0 saturated carbocycles. The molecule has 0 radical (unpaired) electrons. The first-order valence-corrected chi connectivity index (χ1v) is 6.43. The summed E-state index contributed by atoms with van der Waals surface area (Å²) in [4.78, 5) is 23.4. The van der Waals surface area contributed by atoms with Crippen LogP contribution in [-0.4, -0.2) is 34.2 Å². The zero-order chi connectivity index (χ0) is 14.6. The number of hydrogen-bond acceptors (Lipinski definition) is 3. The second kappa shape index (κ2) is 6.36. The second-order valence-electron chi connectivity index (χ2n) is 4.63. The zero-order valence-corrected chi connectivity index (χ0v) is 12.2. The van der Waals surface area contributed by atoms with Gasteiger partial charge in [0.2, 0.25) is 11.8 Å². The third kappa shape index (κ3) is 3.81. The number of likely N-dealkylation sites (N-methyl/N-ethyl adjacent to an activating group) is 1. The fraction of sp³-hybridized carbons (Fsp3) is 0.615. The molecule has 0 aromatic carbocycles. The lowest BCUT2D eigenvalue weighted by Gasteiger charge is -2.13. The molecule has 19 heavy (non-hydrogen) atoms. The van der Waals surface area contributed by atoms with Crippen molar-refractivity contribution in [3.8, 4) is 0 Å². The number of hydrogen-bond donors (Lipinski definition) is 2. The van der Waals surface area contributed by atoms with Gasteiger partial charge in [0.25, 0.3) is 0 Å². The third-order valence-electron chi connectivity index (χ3n) is 3.12. The van der Waals surface area contributed by atoms with Crippen molar-refractivity contribution in [1.29, 1.82) is 0 Å². The molecule has 0 aliphatic heterocycles. The van der Waals surface area contributed by atoms with Gasteiger partial charge in [-0.3, -0.25) is 14.3 Å². The van der Waals surface area contributed by atoms with Crippen molar-refractivity contribution in [1.82, 2.24) is 20.4 Å². The molecule has 1 aromatic heterocycles. The van der Waals surface area contributed by atoms with Crippen molar-refractivity contribution < 1.29 is 9.59 Å². The van der Waals surface area contributed by atoms with Crippen LogP contribution in [0.25, 0.3) is 0 Å². The van der Waals surface area contributed by atoms with Gasteiger partial charge in [0.05, 0.1) is 12.1 Å². The Balaban J connectivity index is 2.63. The minimum absolute atomic E-state index is 0.169. The lowest BCUT2D eigenvalue weighted by atomic mass is 10.1. The summed E-state index contributed by atoms with van der Waals surface area (Å²) in [5.74, 6) is -0.339. The lowest BCUT2D eigenvalue weighted by Crippen LogP contribution is -2.45. The van der Waals surface area contributed by atoms with E-state index in [4.69, 9.17) is 0 Å². The van der Waals surface area contributed by atoms with Crippen LogP contribution < -0.4 is 10.6 Å². The molecule has 2 N–H and O–H groups in total. The van der Waals surface area contributed by atoms with Gasteiger partial charge in [-0.15, -0.1) is 0 Å². The van der Waals surface area contributed by atoms with E-state index in [0.29, 0.717) is 6.54 Å². The maximum atomic E-state index is 11.9. The molecule has 1 heterocycles. The van der Waals surface area contributed by atoms with Crippen LogP contribution in [0.3, 0.4) is 0 Å². The van der Waals surface area contributed by atoms with Crippen LogP contribution in [0.1, 0.15) is 30.8 Å². The lowest BCUT2D eigenvalue weighted by molar-refractivity contribution is -0.128. The Bertz CT molecular complexity index is 479. The molecule has 1 atom stereocenters. The molecule has 0 fully saturated rings. The highest BCUT2D eigenvalue weighted by molar-refractivity contribution is 5.88. The first kappa shape index (κ1) is 15.2. The quantitative estimate of drug-likeness (QED) is 0.800. The Morgan fingerprint density at radius 1 is 1.37 bits per heavy atom. The molecule has 6 nitrogen and oxygen atoms in total. The number of nitrogens with zero attached hydrogens (tertiary/aromatic N) is 2. The van der Waals surface area contributed by atoms with Crippen LogP contribution in [0.15, 0.2) is 0 Å². The number of amides is 2. The number of nitrogens with one attached hydrogen (secondary N) is 2. The van der Waals surface area contributed by atoms with Crippen molar-refractivity contribution >= 4 is 11.8 Å². The first-order valence-electron chi connectivity index (χ1n) is 6.43. The SMILES string of the molecule is CCNC(=O)C(C)NC(=O)Cc1c(C)nn(C)c1C. The molecular formula is C13H22N4O2. The monoisotopic (exact) mass is 266 g/mol. The van der Waals surface area contributed by atoms with Crippen molar-refractivity contribution in [3.63, 3.8) is 0 Å². The maximum absolute atomic E-state index is 11.9. The Hall–Kier alpha value is -1.85. The number of carbonyl (C=O) groups excluding carboxylic acids is 2. The summed E-state index contributed by atoms with van der Waals surface area (Å²) in [5, 5.41) is 9.62. The van der Waals surface area contributed by atoms with Gasteiger partial charge in [-0.05, 0) is 27.7 Å². The van der Waals surface area contributed by atoms with Gasteiger partial charge in [0.15, 0.2) is 0 Å². The first-order chi connectivity index (χ1) is 8.86. The van der Waals surface area contributed by atoms with Crippen molar-refractivity contribution in [2.45, 2.75) is 40.2 Å². The van der Waals surface area contributed by atoms with Gasteiger partial charge in [-0.1, -0.05) is 0 Å². The normalized spacial score (nSPS) is 12.1. The van der Waals surface area contributed by atoms with Gasteiger partial charge in [-0.2, -0.15) is 5.10 Å². The third-order valence-corrected chi connectivity index (χ3v) is 3.12. The fourth-order valence-corrected chi connectivity index (χ4v) is 1.92. The van der Waals surface area contributed by atoms with Gasteiger partial charge < -0.3 is 10.6 Å². The number of aryl methyl sites for hydroxylation is 2. The summed E-state index contributed by atoms with van der Waals surface area (Å²) in [5.41, 5.74) is 2.74. The summed E-state index contributed by atoms with van der Waals surface area (Å²) in [6, 6.07) is -0.523. The van der Waals surface area contributed by atoms with Crippen LogP contribution in [0.2, 0.25) is 0 Å². The predicted molar refractivity (Wildman–Crippen MR) is 72.7 cm³/mol. The maximum Gasteiger partial charge on any atom is 0.242 e. The molecule has 106 valence electrons. The van der Waals surface area contributed by atoms with Crippen molar-refractivity contribution in [3.05, 3.63) is 17.0 Å². The highest BCUT2D eigenvalue weighted by Crippen LogP contribution is 2.12. The molecule has 2 amide bonds. The Morgan fingerprint density at radius 3 is 2.47 bits per heavy atom. The summed E-state index contributed by atoms with van der Waals surface area (Å²) >= 11 is 0. The summed E-state index contributed by atoms with van der Waals surface area (Å²) < 4.78 is 1.76. The standard InChI is InChI=1S/C13H22N4O2/c1-6-14-13(19)9(3)15-12(18)7-11-8(2)16-17(5)10(11)4/h9H,6-7H2,1-5H3,(H,14,19)(H,15,18). The smallest absolute Gasteiger partial charge is 0.242 e. The Labute approximate surface area is 113 Å². The van der Waals surface area contributed by atoms with E-state index in [2.05, 4.69) is 15.7 Å². The molecule has 0 saturated heterocycles. The average molecular weight is 266 g/mol. The van der Waals surface area contributed by atoms with Crippen LogP contribution >= 0.6 is 0 Å². The molecular weight excluding hydrogens is 244 g/mol. The van der Waals surface area contributed by atoms with E-state index in [1.807, 2.05) is 27.8 Å². The van der Waals surface area contributed by atoms with Crippen LogP contribution in [-0.2, 0) is 23.1 Å². The molecule has 1 aromatic rings. The number of rotatable bonds is 5. The van der Waals surface area contributed by atoms with E-state index >= 15 is 0 Å². The second-order valence-corrected chi connectivity index (χ2v) is 4.63. The van der Waals surface area contributed by atoms with Gasteiger partial charge >= 0.3 is 0 Å². The van der Waals surface area contributed by atoms with Crippen LogP contribution in [0.4, 0.5) is 0 Å². The Kier molecular flexibility index (Phi) is 5.09. The van der Waals surface area contributed by atoms with Crippen molar-refractivity contribution in [2.24, 2.45) is 7.05 Å². The largest absolute Gasteiger partial charge is 0.355 e. The number of carbonyl (C=O) groups is 2. The average Bonchev–Trinajstić information content (AvgIpc) is 2.56. The highest BCUT2D eigenvalue weighted by Gasteiger charge is 2.17. The van der Waals surface area contributed by atoms with E-state index < -0.39 is 6.04 Å². The van der Waals surface area contributed by atoms with E-state index in [-0.39, 0.29) is 18.2 Å². The van der Waals surface area contributed by atoms with E-state index in [0.717, 1.165) is 17.0 Å².